The molecule has 0 aromatic heterocycles. The molecule has 0 fully saturated rings. The minimum Gasteiger partial charge on any atom is -0.497 e. The van der Waals surface area contributed by atoms with Crippen molar-refractivity contribution < 1.29 is 14.3 Å². The number of hydrogen-bond donors (Lipinski definition) is 1. The van der Waals surface area contributed by atoms with Crippen LogP contribution in [0.5, 0.6) is 11.5 Å². The molecule has 5 heteroatoms. The summed E-state index contributed by atoms with van der Waals surface area (Å²) in [7, 11) is 3.15. The summed E-state index contributed by atoms with van der Waals surface area (Å²) in [5.41, 5.74) is 1.78. The van der Waals surface area contributed by atoms with Crippen LogP contribution in [0.1, 0.15) is 12.0 Å². The van der Waals surface area contributed by atoms with Crippen LogP contribution in [0.2, 0.25) is 0 Å². The van der Waals surface area contributed by atoms with Crippen LogP contribution in [0.15, 0.2) is 46.9 Å². The van der Waals surface area contributed by atoms with E-state index in [4.69, 9.17) is 9.47 Å². The van der Waals surface area contributed by atoms with Crippen LogP contribution >= 0.6 is 15.9 Å². The second-order valence-electron chi connectivity index (χ2n) is 4.78. The predicted molar refractivity (Wildman–Crippen MR) is 90.6 cm³/mol. The van der Waals surface area contributed by atoms with Gasteiger partial charge in [0.2, 0.25) is 5.91 Å². The van der Waals surface area contributed by atoms with Gasteiger partial charge in [-0.1, -0.05) is 28.1 Å². The lowest BCUT2D eigenvalue weighted by Crippen LogP contribution is -2.12. The van der Waals surface area contributed by atoms with Gasteiger partial charge in [-0.05, 0) is 24.1 Å². The first-order valence-corrected chi connectivity index (χ1v) is 7.67. The molecular weight excluding hydrogens is 346 g/mol. The number of methoxy groups -OCH3 is 2. The zero-order valence-corrected chi connectivity index (χ0v) is 14.1. The van der Waals surface area contributed by atoms with Gasteiger partial charge in [-0.15, -0.1) is 0 Å². The van der Waals surface area contributed by atoms with E-state index >= 15 is 0 Å². The van der Waals surface area contributed by atoms with E-state index in [1.54, 1.807) is 32.4 Å². The lowest BCUT2D eigenvalue weighted by molar-refractivity contribution is -0.116. The molecule has 116 valence electrons. The van der Waals surface area contributed by atoms with Crippen LogP contribution in [0.25, 0.3) is 0 Å². The molecule has 0 aliphatic heterocycles. The molecular formula is C17H18BrNO3. The van der Waals surface area contributed by atoms with Crippen molar-refractivity contribution in [2.75, 3.05) is 19.5 Å². The Morgan fingerprint density at radius 1 is 1.09 bits per heavy atom. The third kappa shape index (κ3) is 4.77. The highest BCUT2D eigenvalue weighted by Crippen LogP contribution is 2.25. The number of amides is 1. The normalized spacial score (nSPS) is 10.1. The summed E-state index contributed by atoms with van der Waals surface area (Å²) < 4.78 is 11.4. The summed E-state index contributed by atoms with van der Waals surface area (Å²) >= 11 is 3.43. The van der Waals surface area contributed by atoms with Gasteiger partial charge < -0.3 is 14.8 Å². The second-order valence-corrected chi connectivity index (χ2v) is 5.70. The molecule has 0 saturated heterocycles. The molecule has 0 aliphatic carbocycles. The summed E-state index contributed by atoms with van der Waals surface area (Å²) in [6, 6.07) is 13.2. The number of halogens is 1. The average Bonchev–Trinajstić information content (AvgIpc) is 2.52. The Labute approximate surface area is 138 Å². The fraction of sp³-hybridized carbons (Fsp3) is 0.235. The van der Waals surface area contributed by atoms with Gasteiger partial charge in [0.15, 0.2) is 0 Å². The SMILES string of the molecule is COc1cc(NC(=O)CCc2cccc(Br)c2)cc(OC)c1. The Kier molecular flexibility index (Phi) is 5.83. The lowest BCUT2D eigenvalue weighted by atomic mass is 10.1. The number of nitrogens with one attached hydrogen (secondary N) is 1. The first-order chi connectivity index (χ1) is 10.6. The van der Waals surface area contributed by atoms with E-state index in [1.165, 1.54) is 0 Å². The maximum absolute atomic E-state index is 12.1. The smallest absolute Gasteiger partial charge is 0.224 e. The molecule has 22 heavy (non-hydrogen) atoms. The van der Waals surface area contributed by atoms with Crippen molar-refractivity contribution >= 4 is 27.5 Å². The largest absolute Gasteiger partial charge is 0.497 e. The van der Waals surface area contributed by atoms with Gasteiger partial charge in [-0.25, -0.2) is 0 Å². The van der Waals surface area contributed by atoms with E-state index in [0.29, 0.717) is 30.0 Å². The Morgan fingerprint density at radius 3 is 2.36 bits per heavy atom. The highest BCUT2D eigenvalue weighted by molar-refractivity contribution is 9.10. The number of anilines is 1. The van der Waals surface area contributed by atoms with Crippen molar-refractivity contribution in [3.05, 3.63) is 52.5 Å². The molecule has 0 atom stereocenters. The molecule has 0 heterocycles. The van der Waals surface area contributed by atoms with Gasteiger partial charge in [-0.2, -0.15) is 0 Å². The van der Waals surface area contributed by atoms with Crippen molar-refractivity contribution in [3.63, 3.8) is 0 Å². The molecule has 0 spiro atoms. The minimum atomic E-state index is -0.0460. The van der Waals surface area contributed by atoms with E-state index in [-0.39, 0.29) is 5.91 Å². The van der Waals surface area contributed by atoms with Crippen molar-refractivity contribution in [3.8, 4) is 11.5 Å². The fourth-order valence-corrected chi connectivity index (χ4v) is 2.50. The van der Waals surface area contributed by atoms with Gasteiger partial charge in [0.1, 0.15) is 11.5 Å². The minimum absolute atomic E-state index is 0.0460. The van der Waals surface area contributed by atoms with Crippen LogP contribution in [-0.2, 0) is 11.2 Å². The number of carbonyl (C=O) groups excluding carboxylic acids is 1. The zero-order valence-electron chi connectivity index (χ0n) is 12.6. The number of benzene rings is 2. The molecule has 1 amide bonds. The Balaban J connectivity index is 1.97. The molecule has 0 radical (unpaired) electrons. The number of aryl methyl sites for hydroxylation is 1. The Hall–Kier alpha value is -2.01. The van der Waals surface area contributed by atoms with Crippen molar-refractivity contribution in [1.82, 2.24) is 0 Å². The Bertz CT molecular complexity index is 636. The number of carbonyl (C=O) groups is 1. The molecule has 0 unspecified atom stereocenters. The van der Waals surface area contributed by atoms with Crippen molar-refractivity contribution in [2.24, 2.45) is 0 Å². The zero-order chi connectivity index (χ0) is 15.9. The number of hydrogen-bond acceptors (Lipinski definition) is 3. The lowest BCUT2D eigenvalue weighted by Gasteiger charge is -2.10. The average molecular weight is 364 g/mol. The molecule has 0 bridgehead atoms. The number of rotatable bonds is 6. The fourth-order valence-electron chi connectivity index (χ4n) is 2.05. The van der Waals surface area contributed by atoms with Crippen LogP contribution < -0.4 is 14.8 Å². The third-order valence-electron chi connectivity index (χ3n) is 3.16. The van der Waals surface area contributed by atoms with Crippen LogP contribution in [-0.4, -0.2) is 20.1 Å². The third-order valence-corrected chi connectivity index (χ3v) is 3.66. The van der Waals surface area contributed by atoms with Gasteiger partial charge >= 0.3 is 0 Å². The summed E-state index contributed by atoms with van der Waals surface area (Å²) in [5.74, 6) is 1.23. The van der Waals surface area contributed by atoms with E-state index in [0.717, 1.165) is 10.0 Å². The monoisotopic (exact) mass is 363 g/mol. The summed E-state index contributed by atoms with van der Waals surface area (Å²) in [5, 5.41) is 2.87. The van der Waals surface area contributed by atoms with E-state index in [9.17, 15) is 4.79 Å². The van der Waals surface area contributed by atoms with Gasteiger partial charge in [0.05, 0.1) is 14.2 Å². The molecule has 4 nitrogen and oxygen atoms in total. The van der Waals surface area contributed by atoms with Crippen molar-refractivity contribution in [2.45, 2.75) is 12.8 Å². The van der Waals surface area contributed by atoms with Gasteiger partial charge in [0.25, 0.3) is 0 Å². The molecule has 2 aromatic rings. The first kappa shape index (κ1) is 16.4. The van der Waals surface area contributed by atoms with E-state index in [2.05, 4.69) is 21.2 Å². The standard InChI is InChI=1S/C17H18BrNO3/c1-21-15-9-14(10-16(11-15)22-2)19-17(20)7-6-12-4-3-5-13(18)8-12/h3-5,8-11H,6-7H2,1-2H3,(H,19,20). The maximum Gasteiger partial charge on any atom is 0.224 e. The van der Waals surface area contributed by atoms with Crippen LogP contribution in [0, 0.1) is 0 Å². The van der Waals surface area contributed by atoms with E-state index in [1.807, 2.05) is 24.3 Å². The van der Waals surface area contributed by atoms with Crippen molar-refractivity contribution in [1.29, 1.82) is 0 Å². The first-order valence-electron chi connectivity index (χ1n) is 6.88. The van der Waals surface area contributed by atoms with Gasteiger partial charge in [0, 0.05) is 34.8 Å². The predicted octanol–water partition coefficient (Wildman–Crippen LogP) is 4.04. The summed E-state index contributed by atoms with van der Waals surface area (Å²) in [6.07, 6.45) is 1.10. The molecule has 0 aliphatic rings. The van der Waals surface area contributed by atoms with Crippen LogP contribution in [0.3, 0.4) is 0 Å². The molecule has 2 rings (SSSR count). The van der Waals surface area contributed by atoms with Gasteiger partial charge in [-0.3, -0.25) is 4.79 Å². The molecule has 0 saturated carbocycles. The molecule has 2 aromatic carbocycles. The number of ether oxygens (including phenoxy) is 2. The van der Waals surface area contributed by atoms with E-state index < -0.39 is 0 Å². The molecule has 1 N–H and O–H groups in total. The summed E-state index contributed by atoms with van der Waals surface area (Å²) in [4.78, 5) is 12.1. The highest BCUT2D eigenvalue weighted by atomic mass is 79.9. The quantitative estimate of drug-likeness (QED) is 0.842. The van der Waals surface area contributed by atoms with Crippen LogP contribution in [0.4, 0.5) is 5.69 Å². The maximum atomic E-state index is 12.1. The summed E-state index contributed by atoms with van der Waals surface area (Å²) in [6.45, 7) is 0. The topological polar surface area (TPSA) is 47.6 Å². The second kappa shape index (κ2) is 7.84. The Morgan fingerprint density at radius 2 is 1.77 bits per heavy atom. The highest BCUT2D eigenvalue weighted by Gasteiger charge is 2.07.